The van der Waals surface area contributed by atoms with E-state index in [1.807, 2.05) is 0 Å². The molecule has 0 spiro atoms. The predicted molar refractivity (Wildman–Crippen MR) is 138 cm³/mol. The molecular formula is C26H49NO8S. The van der Waals surface area contributed by atoms with Crippen molar-refractivity contribution in [2.75, 3.05) is 12.3 Å². The molecule has 0 saturated heterocycles. The van der Waals surface area contributed by atoms with Gasteiger partial charge in [-0.2, -0.15) is 8.42 Å². The van der Waals surface area contributed by atoms with Gasteiger partial charge in [-0.05, 0) is 104 Å². The maximum absolute atomic E-state index is 12.2. The molecule has 8 N–H and O–H groups in total. The van der Waals surface area contributed by atoms with E-state index in [2.05, 4.69) is 26.1 Å². The molecule has 10 atom stereocenters. The normalized spacial score (nSPS) is 42.6. The molecule has 9 nitrogen and oxygen atoms in total. The molecule has 0 aromatic heterocycles. The van der Waals surface area contributed by atoms with E-state index in [0.717, 1.165) is 51.4 Å². The Hall–Kier alpha value is -0.780. The van der Waals surface area contributed by atoms with Crippen molar-refractivity contribution >= 4 is 16.0 Å². The standard InChI is InChI=1S/C26H45NO6S.2H2O/c1-16(4-7-23(30)27-12-13-34(31,32)33)19-5-6-20-24-21(9-11-26(19,20)3)25(2)10-8-18(28)14-17(25)15-22(24)29;;/h16-22,24,28-29H,4-15H2,1-3H3,(H,27,30)(H,31,32,33);2*1H2/t16?,17?,18-,19-,20?,21?,22?,24?,25+,26-;;/m1../s1. The van der Waals surface area contributed by atoms with Crippen molar-refractivity contribution in [1.82, 2.24) is 5.32 Å². The van der Waals surface area contributed by atoms with Crippen LogP contribution in [0.2, 0.25) is 0 Å². The number of fused-ring (bicyclic) bond motifs is 5. The van der Waals surface area contributed by atoms with Crippen LogP contribution in [0.15, 0.2) is 0 Å². The van der Waals surface area contributed by atoms with Crippen molar-refractivity contribution in [3.63, 3.8) is 0 Å². The van der Waals surface area contributed by atoms with E-state index >= 15 is 0 Å². The van der Waals surface area contributed by atoms with Crippen LogP contribution in [-0.2, 0) is 14.9 Å². The maximum atomic E-state index is 12.2. The lowest BCUT2D eigenvalue weighted by Gasteiger charge is -2.62. The molecule has 10 heteroatoms. The number of carbonyl (C=O) groups is 1. The van der Waals surface area contributed by atoms with Crippen LogP contribution in [0.3, 0.4) is 0 Å². The fourth-order valence-electron chi connectivity index (χ4n) is 9.14. The summed E-state index contributed by atoms with van der Waals surface area (Å²) in [6.45, 7) is 7.05. The number of carbonyl (C=O) groups excluding carboxylic acids is 1. The smallest absolute Gasteiger partial charge is 0.266 e. The van der Waals surface area contributed by atoms with Gasteiger partial charge in [0, 0.05) is 13.0 Å². The van der Waals surface area contributed by atoms with Crippen LogP contribution in [-0.4, -0.2) is 64.5 Å². The maximum Gasteiger partial charge on any atom is 0.266 e. The van der Waals surface area contributed by atoms with Gasteiger partial charge in [0.1, 0.15) is 0 Å². The highest BCUT2D eigenvalue weighted by atomic mass is 32.2. The van der Waals surface area contributed by atoms with Crippen molar-refractivity contribution in [1.29, 1.82) is 0 Å². The van der Waals surface area contributed by atoms with Crippen LogP contribution in [0.25, 0.3) is 0 Å². The molecule has 6 unspecified atom stereocenters. The predicted octanol–water partition coefficient (Wildman–Crippen LogP) is 1.75. The van der Waals surface area contributed by atoms with E-state index in [0.29, 0.717) is 41.9 Å². The zero-order valence-electron chi connectivity index (χ0n) is 22.1. The van der Waals surface area contributed by atoms with E-state index in [9.17, 15) is 23.4 Å². The SMILES string of the molecule is CC(CCC(=O)NCCS(=O)(=O)O)[C@H]1CCC2C3C(O)CC4C[C@H](O)CC[C@]4(C)C3CC[C@@]21C.O.O. The largest absolute Gasteiger partial charge is 0.412 e. The average Bonchev–Trinajstić information content (AvgIpc) is 3.09. The quantitative estimate of drug-likeness (QED) is 0.359. The van der Waals surface area contributed by atoms with Crippen LogP contribution in [0.1, 0.15) is 85.0 Å². The first-order chi connectivity index (χ1) is 15.8. The van der Waals surface area contributed by atoms with Gasteiger partial charge in [0.2, 0.25) is 5.91 Å². The molecule has 0 heterocycles. The molecule has 0 radical (unpaired) electrons. The fraction of sp³-hybridized carbons (Fsp3) is 0.962. The molecule has 4 aliphatic rings. The molecule has 212 valence electrons. The summed E-state index contributed by atoms with van der Waals surface area (Å²) >= 11 is 0. The van der Waals surface area contributed by atoms with Gasteiger partial charge >= 0.3 is 0 Å². The number of hydrogen-bond acceptors (Lipinski definition) is 5. The molecule has 1 amide bonds. The lowest BCUT2D eigenvalue weighted by Crippen LogP contribution is -2.58. The first kappa shape index (κ1) is 31.4. The van der Waals surface area contributed by atoms with Gasteiger partial charge in [-0.1, -0.05) is 20.8 Å². The number of nitrogens with one attached hydrogen (secondary N) is 1. The number of rotatable bonds is 7. The van der Waals surface area contributed by atoms with Crippen LogP contribution < -0.4 is 5.32 Å². The third-order valence-electron chi connectivity index (χ3n) is 10.9. The summed E-state index contributed by atoms with van der Waals surface area (Å²) in [5.74, 6) is 2.10. The lowest BCUT2D eigenvalue weighted by molar-refractivity contribution is -0.174. The summed E-state index contributed by atoms with van der Waals surface area (Å²) < 4.78 is 30.5. The highest BCUT2D eigenvalue weighted by Crippen LogP contribution is 2.68. The molecule has 0 aliphatic heterocycles. The number of aliphatic hydroxyl groups is 2. The minimum Gasteiger partial charge on any atom is -0.412 e. The van der Waals surface area contributed by atoms with Crippen LogP contribution in [0, 0.1) is 46.3 Å². The second kappa shape index (κ2) is 11.5. The molecule has 4 saturated carbocycles. The van der Waals surface area contributed by atoms with Crippen molar-refractivity contribution in [3.8, 4) is 0 Å². The Kier molecular flexibility index (Phi) is 10.1. The Morgan fingerprint density at radius 2 is 1.64 bits per heavy atom. The summed E-state index contributed by atoms with van der Waals surface area (Å²) in [4.78, 5) is 12.2. The Balaban J connectivity index is 0.00000228. The Labute approximate surface area is 216 Å². The topological polar surface area (TPSA) is 187 Å². The third kappa shape index (κ3) is 5.94. The summed E-state index contributed by atoms with van der Waals surface area (Å²) in [6, 6.07) is 0. The van der Waals surface area contributed by atoms with Crippen molar-refractivity contribution in [3.05, 3.63) is 0 Å². The monoisotopic (exact) mass is 535 g/mol. The lowest BCUT2D eigenvalue weighted by atomic mass is 9.43. The minimum absolute atomic E-state index is 0. The first-order valence-corrected chi connectivity index (χ1v) is 15.0. The first-order valence-electron chi connectivity index (χ1n) is 13.4. The van der Waals surface area contributed by atoms with Crippen LogP contribution in [0.5, 0.6) is 0 Å². The Bertz CT molecular complexity index is 868. The van der Waals surface area contributed by atoms with E-state index in [4.69, 9.17) is 4.55 Å². The zero-order valence-corrected chi connectivity index (χ0v) is 22.9. The van der Waals surface area contributed by atoms with Gasteiger partial charge in [-0.15, -0.1) is 0 Å². The second-order valence-electron chi connectivity index (χ2n) is 12.6. The molecule has 0 aromatic rings. The Morgan fingerprint density at radius 1 is 1.00 bits per heavy atom. The summed E-state index contributed by atoms with van der Waals surface area (Å²) in [5.41, 5.74) is 0.411. The highest BCUT2D eigenvalue weighted by molar-refractivity contribution is 7.85. The summed E-state index contributed by atoms with van der Waals surface area (Å²) in [7, 11) is -4.06. The van der Waals surface area contributed by atoms with E-state index in [1.165, 1.54) is 6.42 Å². The molecule has 4 fully saturated rings. The van der Waals surface area contributed by atoms with Crippen LogP contribution >= 0.6 is 0 Å². The zero-order chi connectivity index (χ0) is 24.9. The molecule has 36 heavy (non-hydrogen) atoms. The summed E-state index contributed by atoms with van der Waals surface area (Å²) in [5, 5.41) is 24.2. The van der Waals surface area contributed by atoms with Crippen molar-refractivity contribution < 1.29 is 38.9 Å². The molecule has 0 aromatic carbocycles. The Morgan fingerprint density at radius 3 is 2.31 bits per heavy atom. The van der Waals surface area contributed by atoms with Crippen molar-refractivity contribution in [2.24, 2.45) is 46.3 Å². The van der Waals surface area contributed by atoms with Crippen LogP contribution in [0.4, 0.5) is 0 Å². The number of hydrogen-bond donors (Lipinski definition) is 4. The molecule has 4 aliphatic carbocycles. The highest BCUT2D eigenvalue weighted by Gasteiger charge is 2.62. The van der Waals surface area contributed by atoms with Gasteiger partial charge < -0.3 is 26.5 Å². The van der Waals surface area contributed by atoms with Crippen molar-refractivity contribution in [2.45, 2.75) is 97.2 Å². The van der Waals surface area contributed by atoms with Gasteiger partial charge in [0.05, 0.1) is 18.0 Å². The van der Waals surface area contributed by atoms with E-state index < -0.39 is 15.9 Å². The van der Waals surface area contributed by atoms with E-state index in [-0.39, 0.29) is 46.4 Å². The molecular weight excluding hydrogens is 486 g/mol. The number of aliphatic hydroxyl groups excluding tert-OH is 2. The van der Waals surface area contributed by atoms with Gasteiger partial charge in [-0.25, -0.2) is 0 Å². The van der Waals surface area contributed by atoms with E-state index in [1.54, 1.807) is 0 Å². The van der Waals surface area contributed by atoms with Gasteiger partial charge in [-0.3, -0.25) is 9.35 Å². The van der Waals surface area contributed by atoms with Gasteiger partial charge in [0.25, 0.3) is 10.1 Å². The average molecular weight is 536 g/mol. The summed E-state index contributed by atoms with van der Waals surface area (Å²) in [6.07, 6.45) is 8.87. The second-order valence-corrected chi connectivity index (χ2v) is 14.2. The number of amides is 1. The third-order valence-corrected chi connectivity index (χ3v) is 11.6. The molecule has 4 rings (SSSR count). The fourth-order valence-corrected chi connectivity index (χ4v) is 9.50. The molecule has 0 bridgehead atoms. The minimum atomic E-state index is -4.06. The van der Waals surface area contributed by atoms with Gasteiger partial charge in [0.15, 0.2) is 0 Å².